The molecule has 5 heteroatoms. The number of aryl methyl sites for hydroxylation is 1. The summed E-state index contributed by atoms with van der Waals surface area (Å²) in [5.74, 6) is 1.60. The number of benzene rings is 1. The van der Waals surface area contributed by atoms with E-state index >= 15 is 0 Å². The highest BCUT2D eigenvalue weighted by molar-refractivity contribution is 5.45. The van der Waals surface area contributed by atoms with Gasteiger partial charge in [0.25, 0.3) is 0 Å². The van der Waals surface area contributed by atoms with Crippen molar-refractivity contribution in [2.75, 3.05) is 6.79 Å². The first-order valence-electron chi connectivity index (χ1n) is 6.85. The minimum Gasteiger partial charge on any atom is -0.454 e. The van der Waals surface area contributed by atoms with Crippen molar-refractivity contribution in [2.45, 2.75) is 19.5 Å². The van der Waals surface area contributed by atoms with Gasteiger partial charge in [-0.2, -0.15) is 5.26 Å². The molecule has 1 aromatic carbocycles. The zero-order chi connectivity index (χ0) is 14.8. The molecule has 108 valence electrons. The molecule has 0 saturated carbocycles. The lowest BCUT2D eigenvalue weighted by molar-refractivity contribution is 0.174. The topological polar surface area (TPSA) is 59.2 Å². The molecule has 1 aromatic heterocycles. The van der Waals surface area contributed by atoms with Gasteiger partial charge in [0, 0.05) is 25.8 Å². The fourth-order valence-corrected chi connectivity index (χ4v) is 2.41. The molecule has 1 aliphatic rings. The number of ether oxygens (including phenoxy) is 2. The average Bonchev–Trinajstić information content (AvgIpc) is 3.09. The molecule has 1 unspecified atom stereocenters. The van der Waals surface area contributed by atoms with E-state index in [2.05, 4.69) is 18.3 Å². The fourth-order valence-electron chi connectivity index (χ4n) is 2.41. The smallest absolute Gasteiger partial charge is 0.231 e. The summed E-state index contributed by atoms with van der Waals surface area (Å²) in [6, 6.07) is 10.2. The molecule has 2 heterocycles. The van der Waals surface area contributed by atoms with Crippen LogP contribution in [0.4, 0.5) is 0 Å². The number of nitrogens with one attached hydrogen (secondary N) is 1. The van der Waals surface area contributed by atoms with Crippen molar-refractivity contribution in [3.05, 3.63) is 47.3 Å². The van der Waals surface area contributed by atoms with Crippen molar-refractivity contribution >= 4 is 0 Å². The van der Waals surface area contributed by atoms with Crippen molar-refractivity contribution in [3.63, 3.8) is 0 Å². The Hall–Kier alpha value is -2.45. The maximum absolute atomic E-state index is 8.96. The summed E-state index contributed by atoms with van der Waals surface area (Å²) in [6.07, 6.45) is 1.97. The van der Waals surface area contributed by atoms with E-state index in [9.17, 15) is 0 Å². The van der Waals surface area contributed by atoms with Gasteiger partial charge in [-0.3, -0.25) is 0 Å². The van der Waals surface area contributed by atoms with Gasteiger partial charge in [-0.05, 0) is 36.2 Å². The molecule has 0 fully saturated rings. The molecule has 5 nitrogen and oxygen atoms in total. The zero-order valence-electron chi connectivity index (χ0n) is 12.1. The highest BCUT2D eigenvalue weighted by Gasteiger charge is 2.15. The van der Waals surface area contributed by atoms with Crippen LogP contribution in [0.2, 0.25) is 0 Å². The third-order valence-electron chi connectivity index (χ3n) is 3.69. The number of hydrogen-bond donors (Lipinski definition) is 1. The van der Waals surface area contributed by atoms with E-state index in [1.54, 1.807) is 0 Å². The maximum atomic E-state index is 8.96. The van der Waals surface area contributed by atoms with Crippen LogP contribution in [0.25, 0.3) is 0 Å². The molecule has 0 saturated heterocycles. The van der Waals surface area contributed by atoms with Crippen LogP contribution in [-0.2, 0) is 13.6 Å². The second-order valence-electron chi connectivity index (χ2n) is 5.17. The van der Waals surface area contributed by atoms with Crippen molar-refractivity contribution < 1.29 is 9.47 Å². The van der Waals surface area contributed by atoms with E-state index in [4.69, 9.17) is 14.7 Å². The quantitative estimate of drug-likeness (QED) is 0.936. The van der Waals surface area contributed by atoms with Crippen LogP contribution < -0.4 is 14.8 Å². The summed E-state index contributed by atoms with van der Waals surface area (Å²) in [5, 5.41) is 12.4. The van der Waals surface area contributed by atoms with Gasteiger partial charge in [-0.15, -0.1) is 0 Å². The minimum atomic E-state index is 0.185. The molecular formula is C16H17N3O2. The van der Waals surface area contributed by atoms with E-state index in [1.807, 2.05) is 42.1 Å². The van der Waals surface area contributed by atoms with Crippen molar-refractivity contribution in [2.24, 2.45) is 7.05 Å². The van der Waals surface area contributed by atoms with Crippen LogP contribution in [0.3, 0.4) is 0 Å². The Morgan fingerprint density at radius 2 is 2.14 bits per heavy atom. The lowest BCUT2D eigenvalue weighted by Crippen LogP contribution is -2.17. The molecule has 0 spiro atoms. The molecule has 1 aliphatic heterocycles. The number of hydrogen-bond acceptors (Lipinski definition) is 4. The summed E-state index contributed by atoms with van der Waals surface area (Å²) >= 11 is 0. The first kappa shape index (κ1) is 13.5. The predicted molar refractivity (Wildman–Crippen MR) is 77.9 cm³/mol. The molecule has 0 amide bonds. The van der Waals surface area contributed by atoms with Crippen LogP contribution in [0.15, 0.2) is 30.5 Å². The summed E-state index contributed by atoms with van der Waals surface area (Å²) in [5.41, 5.74) is 2.92. The Kier molecular flexibility index (Phi) is 3.55. The molecule has 2 aromatic rings. The number of nitriles is 1. The van der Waals surface area contributed by atoms with Gasteiger partial charge >= 0.3 is 0 Å². The Labute approximate surface area is 123 Å². The van der Waals surface area contributed by atoms with Crippen molar-refractivity contribution in [3.8, 4) is 17.6 Å². The van der Waals surface area contributed by atoms with Crippen LogP contribution >= 0.6 is 0 Å². The molecule has 0 aliphatic carbocycles. The Bertz CT molecular complexity index is 700. The highest BCUT2D eigenvalue weighted by Crippen LogP contribution is 2.34. The van der Waals surface area contributed by atoms with Gasteiger partial charge in [0.15, 0.2) is 11.5 Å². The average molecular weight is 283 g/mol. The van der Waals surface area contributed by atoms with Gasteiger partial charge < -0.3 is 19.4 Å². The summed E-state index contributed by atoms with van der Waals surface area (Å²) in [4.78, 5) is 0. The van der Waals surface area contributed by atoms with Crippen molar-refractivity contribution in [1.82, 2.24) is 9.88 Å². The fraction of sp³-hybridized carbons (Fsp3) is 0.312. The van der Waals surface area contributed by atoms with Gasteiger partial charge in [0.1, 0.15) is 11.8 Å². The largest absolute Gasteiger partial charge is 0.454 e. The lowest BCUT2D eigenvalue weighted by Gasteiger charge is -2.14. The van der Waals surface area contributed by atoms with Crippen molar-refractivity contribution in [1.29, 1.82) is 5.26 Å². The standard InChI is InChI=1S/C16H17N3O2/c1-11(13-3-4-15-16(6-13)21-10-20-15)18-8-12-5-14(7-17)19(2)9-12/h3-6,9,11,18H,8,10H2,1-2H3. The van der Waals surface area contributed by atoms with Gasteiger partial charge in [0.2, 0.25) is 6.79 Å². The monoisotopic (exact) mass is 283 g/mol. The lowest BCUT2D eigenvalue weighted by atomic mass is 10.1. The van der Waals surface area contributed by atoms with E-state index in [0.29, 0.717) is 19.0 Å². The van der Waals surface area contributed by atoms with Gasteiger partial charge in [-0.1, -0.05) is 6.07 Å². The normalized spacial score (nSPS) is 14.0. The number of aromatic nitrogens is 1. The summed E-state index contributed by atoms with van der Waals surface area (Å²) in [7, 11) is 1.88. The first-order valence-corrected chi connectivity index (χ1v) is 6.85. The van der Waals surface area contributed by atoms with E-state index in [1.165, 1.54) is 0 Å². The number of fused-ring (bicyclic) bond motifs is 1. The minimum absolute atomic E-state index is 0.185. The second kappa shape index (κ2) is 5.51. The van der Waals surface area contributed by atoms with Gasteiger partial charge in [-0.25, -0.2) is 0 Å². The van der Waals surface area contributed by atoms with E-state index in [-0.39, 0.29) is 6.04 Å². The molecular weight excluding hydrogens is 266 g/mol. The molecule has 1 N–H and O–H groups in total. The SMILES string of the molecule is CC(NCc1cc(C#N)n(C)c1)c1ccc2c(c1)OCO2. The summed E-state index contributed by atoms with van der Waals surface area (Å²) in [6.45, 7) is 3.11. The third-order valence-corrected chi connectivity index (χ3v) is 3.69. The van der Waals surface area contributed by atoms with Crippen LogP contribution in [-0.4, -0.2) is 11.4 Å². The molecule has 3 rings (SSSR count). The van der Waals surface area contributed by atoms with Gasteiger partial charge in [0.05, 0.1) is 0 Å². The molecule has 0 radical (unpaired) electrons. The third kappa shape index (κ3) is 2.71. The highest BCUT2D eigenvalue weighted by atomic mass is 16.7. The number of nitrogens with zero attached hydrogens (tertiary/aromatic N) is 2. The molecule has 0 bridgehead atoms. The first-order chi connectivity index (χ1) is 10.2. The Balaban J connectivity index is 1.66. The zero-order valence-corrected chi connectivity index (χ0v) is 12.1. The predicted octanol–water partition coefficient (Wildman–Crippen LogP) is 2.48. The Morgan fingerprint density at radius 1 is 1.33 bits per heavy atom. The Morgan fingerprint density at radius 3 is 2.90 bits per heavy atom. The number of rotatable bonds is 4. The van der Waals surface area contributed by atoms with Crippen LogP contribution in [0, 0.1) is 11.3 Å². The van der Waals surface area contributed by atoms with Crippen LogP contribution in [0.5, 0.6) is 11.5 Å². The molecule has 21 heavy (non-hydrogen) atoms. The van der Waals surface area contributed by atoms with Crippen LogP contribution in [0.1, 0.15) is 29.8 Å². The van der Waals surface area contributed by atoms with E-state index < -0.39 is 0 Å². The summed E-state index contributed by atoms with van der Waals surface area (Å²) < 4.78 is 12.5. The maximum Gasteiger partial charge on any atom is 0.231 e. The molecule has 1 atom stereocenters. The van der Waals surface area contributed by atoms with E-state index in [0.717, 1.165) is 22.6 Å². The second-order valence-corrected chi connectivity index (χ2v) is 5.17.